The van der Waals surface area contributed by atoms with E-state index in [2.05, 4.69) is 17.4 Å². The van der Waals surface area contributed by atoms with Crippen LogP contribution in [0, 0.1) is 6.92 Å². The number of nitrogens with one attached hydrogen (secondary N) is 1. The summed E-state index contributed by atoms with van der Waals surface area (Å²) in [7, 11) is 0. The number of fused-ring (bicyclic) bond motifs is 1. The Balaban J connectivity index is 1.55. The van der Waals surface area contributed by atoms with Crippen molar-refractivity contribution in [3.63, 3.8) is 0 Å². The molecule has 0 unspecified atom stereocenters. The molecule has 0 saturated carbocycles. The summed E-state index contributed by atoms with van der Waals surface area (Å²) in [5.41, 5.74) is 4.51. The van der Waals surface area contributed by atoms with E-state index in [-0.39, 0.29) is 11.9 Å². The largest absolute Gasteiger partial charge is 0.449 e. The highest BCUT2D eigenvalue weighted by atomic mass is 16.5. The standard InChI is InChI=1S/C23H25NO3/c1-16-10-12-18(13-11-16)14-15-22(25)27-17(2)23(26)24-21-9-5-7-19-6-3-4-8-20(19)21/h3-4,6,8,10-15,17,21H,5,7,9H2,1-2H3,(H,24,26)/b15-14+/t17-,21-/m0/s1. The van der Waals surface area contributed by atoms with Crippen LogP contribution in [-0.2, 0) is 20.7 Å². The minimum atomic E-state index is -0.839. The van der Waals surface area contributed by atoms with E-state index in [0.29, 0.717) is 0 Å². The summed E-state index contributed by atoms with van der Waals surface area (Å²) in [5, 5.41) is 3.02. The van der Waals surface area contributed by atoms with Gasteiger partial charge in [0.25, 0.3) is 5.91 Å². The maximum absolute atomic E-state index is 12.5. The van der Waals surface area contributed by atoms with Crippen molar-refractivity contribution in [2.75, 3.05) is 0 Å². The van der Waals surface area contributed by atoms with Crippen LogP contribution in [0.2, 0.25) is 0 Å². The zero-order valence-corrected chi connectivity index (χ0v) is 15.8. The van der Waals surface area contributed by atoms with Crippen molar-refractivity contribution in [2.24, 2.45) is 0 Å². The van der Waals surface area contributed by atoms with Gasteiger partial charge in [0, 0.05) is 6.08 Å². The number of amides is 1. The quantitative estimate of drug-likeness (QED) is 0.642. The van der Waals surface area contributed by atoms with E-state index in [1.54, 1.807) is 13.0 Å². The van der Waals surface area contributed by atoms with Crippen LogP contribution < -0.4 is 5.32 Å². The molecule has 0 aromatic heterocycles. The molecule has 3 rings (SSSR count). The lowest BCUT2D eigenvalue weighted by Gasteiger charge is -2.27. The number of carbonyl (C=O) groups is 2. The molecule has 0 bridgehead atoms. The molecule has 140 valence electrons. The van der Waals surface area contributed by atoms with Crippen molar-refractivity contribution < 1.29 is 14.3 Å². The van der Waals surface area contributed by atoms with Crippen molar-refractivity contribution in [1.29, 1.82) is 0 Å². The van der Waals surface area contributed by atoms with E-state index in [0.717, 1.165) is 36.0 Å². The van der Waals surface area contributed by atoms with Gasteiger partial charge in [-0.2, -0.15) is 0 Å². The van der Waals surface area contributed by atoms with Crippen LogP contribution in [-0.4, -0.2) is 18.0 Å². The molecule has 0 fully saturated rings. The number of aryl methyl sites for hydroxylation is 2. The Morgan fingerprint density at radius 1 is 1.15 bits per heavy atom. The van der Waals surface area contributed by atoms with E-state index in [1.165, 1.54) is 11.6 Å². The molecule has 2 aromatic carbocycles. The zero-order valence-electron chi connectivity index (χ0n) is 15.8. The number of hydrogen-bond acceptors (Lipinski definition) is 3. The van der Waals surface area contributed by atoms with Crippen LogP contribution in [0.1, 0.15) is 48.1 Å². The molecule has 1 amide bonds. The smallest absolute Gasteiger partial charge is 0.331 e. The Bertz CT molecular complexity index is 839. The minimum Gasteiger partial charge on any atom is -0.449 e. The summed E-state index contributed by atoms with van der Waals surface area (Å²) in [6.07, 6.45) is 5.17. The molecular weight excluding hydrogens is 338 g/mol. The highest BCUT2D eigenvalue weighted by molar-refractivity contribution is 5.90. The molecule has 0 saturated heterocycles. The van der Waals surface area contributed by atoms with Gasteiger partial charge in [-0.05, 0) is 55.9 Å². The third-order valence-electron chi connectivity index (χ3n) is 4.84. The van der Waals surface area contributed by atoms with E-state index in [9.17, 15) is 9.59 Å². The van der Waals surface area contributed by atoms with Crippen LogP contribution in [0.3, 0.4) is 0 Å². The molecule has 4 heteroatoms. The molecule has 2 atom stereocenters. The number of benzene rings is 2. The Hall–Kier alpha value is -2.88. The van der Waals surface area contributed by atoms with Crippen LogP contribution in [0.4, 0.5) is 0 Å². The zero-order chi connectivity index (χ0) is 19.2. The summed E-state index contributed by atoms with van der Waals surface area (Å²) < 4.78 is 5.25. The predicted molar refractivity (Wildman–Crippen MR) is 106 cm³/mol. The molecule has 1 aliphatic carbocycles. The van der Waals surface area contributed by atoms with Gasteiger partial charge < -0.3 is 10.1 Å². The molecule has 0 aliphatic heterocycles. The number of ether oxygens (including phenoxy) is 1. The SMILES string of the molecule is Cc1ccc(/C=C/C(=O)O[C@@H](C)C(=O)N[C@H]2CCCc3ccccc32)cc1. The fourth-order valence-corrected chi connectivity index (χ4v) is 3.30. The minimum absolute atomic E-state index is 0.0216. The van der Waals surface area contributed by atoms with Crippen molar-refractivity contribution in [2.45, 2.75) is 45.3 Å². The second kappa shape index (κ2) is 8.67. The Kier molecular flexibility index (Phi) is 6.07. The summed E-state index contributed by atoms with van der Waals surface area (Å²) in [5.74, 6) is -0.795. The van der Waals surface area contributed by atoms with Gasteiger partial charge in [0.2, 0.25) is 0 Å². The van der Waals surface area contributed by atoms with Gasteiger partial charge in [0.1, 0.15) is 0 Å². The fraction of sp³-hybridized carbons (Fsp3) is 0.304. The van der Waals surface area contributed by atoms with Gasteiger partial charge in [-0.15, -0.1) is 0 Å². The van der Waals surface area contributed by atoms with Gasteiger partial charge in [-0.3, -0.25) is 4.79 Å². The van der Waals surface area contributed by atoms with E-state index >= 15 is 0 Å². The Morgan fingerprint density at radius 2 is 1.89 bits per heavy atom. The van der Waals surface area contributed by atoms with E-state index in [1.807, 2.05) is 43.3 Å². The van der Waals surface area contributed by atoms with Gasteiger partial charge >= 0.3 is 5.97 Å². The summed E-state index contributed by atoms with van der Waals surface area (Å²) >= 11 is 0. The molecule has 0 radical (unpaired) electrons. The first kappa shape index (κ1) is 18.9. The average molecular weight is 363 g/mol. The van der Waals surface area contributed by atoms with Gasteiger partial charge in [0.05, 0.1) is 6.04 Å². The molecule has 2 aromatic rings. The summed E-state index contributed by atoms with van der Waals surface area (Å²) in [6.45, 7) is 3.61. The van der Waals surface area contributed by atoms with Crippen molar-refractivity contribution in [3.05, 3.63) is 76.9 Å². The lowest BCUT2D eigenvalue weighted by molar-refractivity contribution is -0.150. The molecule has 1 N–H and O–H groups in total. The topological polar surface area (TPSA) is 55.4 Å². The summed E-state index contributed by atoms with van der Waals surface area (Å²) in [4.78, 5) is 24.5. The molecule has 27 heavy (non-hydrogen) atoms. The average Bonchev–Trinajstić information content (AvgIpc) is 2.68. The molecular formula is C23H25NO3. The molecule has 0 spiro atoms. The predicted octanol–water partition coefficient (Wildman–Crippen LogP) is 4.13. The Morgan fingerprint density at radius 3 is 2.67 bits per heavy atom. The lowest BCUT2D eigenvalue weighted by atomic mass is 9.87. The van der Waals surface area contributed by atoms with E-state index < -0.39 is 12.1 Å². The number of carbonyl (C=O) groups excluding carboxylic acids is 2. The van der Waals surface area contributed by atoms with Crippen LogP contribution >= 0.6 is 0 Å². The molecule has 0 heterocycles. The highest BCUT2D eigenvalue weighted by Crippen LogP contribution is 2.29. The van der Waals surface area contributed by atoms with Crippen molar-refractivity contribution in [3.8, 4) is 0 Å². The second-order valence-electron chi connectivity index (χ2n) is 6.98. The lowest BCUT2D eigenvalue weighted by Crippen LogP contribution is -2.39. The first-order valence-corrected chi connectivity index (χ1v) is 9.36. The van der Waals surface area contributed by atoms with Gasteiger partial charge in [0.15, 0.2) is 6.10 Å². The number of hydrogen-bond donors (Lipinski definition) is 1. The van der Waals surface area contributed by atoms with Crippen LogP contribution in [0.25, 0.3) is 6.08 Å². The highest BCUT2D eigenvalue weighted by Gasteiger charge is 2.24. The van der Waals surface area contributed by atoms with Crippen LogP contribution in [0.5, 0.6) is 0 Å². The first-order valence-electron chi connectivity index (χ1n) is 9.36. The van der Waals surface area contributed by atoms with E-state index in [4.69, 9.17) is 4.74 Å². The normalized spacial score (nSPS) is 17.2. The molecule has 4 nitrogen and oxygen atoms in total. The second-order valence-corrected chi connectivity index (χ2v) is 6.98. The number of rotatable bonds is 5. The van der Waals surface area contributed by atoms with Crippen molar-refractivity contribution in [1.82, 2.24) is 5.32 Å². The Labute approximate surface area is 160 Å². The van der Waals surface area contributed by atoms with Gasteiger partial charge in [-0.25, -0.2) is 4.79 Å². The summed E-state index contributed by atoms with van der Waals surface area (Å²) in [6, 6.07) is 16.0. The first-order chi connectivity index (χ1) is 13.0. The third-order valence-corrected chi connectivity index (χ3v) is 4.84. The number of esters is 1. The molecule has 1 aliphatic rings. The van der Waals surface area contributed by atoms with Gasteiger partial charge in [-0.1, -0.05) is 54.1 Å². The van der Waals surface area contributed by atoms with Crippen LogP contribution in [0.15, 0.2) is 54.6 Å². The third kappa shape index (κ3) is 5.07. The maximum Gasteiger partial charge on any atom is 0.331 e. The monoisotopic (exact) mass is 363 g/mol. The van der Waals surface area contributed by atoms with Crippen molar-refractivity contribution >= 4 is 18.0 Å². The maximum atomic E-state index is 12.5. The fourth-order valence-electron chi connectivity index (χ4n) is 3.30.